The van der Waals surface area contributed by atoms with E-state index < -0.39 is 21.7 Å². The van der Waals surface area contributed by atoms with E-state index in [2.05, 4.69) is 5.32 Å². The Labute approximate surface area is 204 Å². The highest BCUT2D eigenvalue weighted by Crippen LogP contribution is 2.24. The predicted octanol–water partition coefficient (Wildman–Crippen LogP) is 4.28. The molecule has 0 aromatic heterocycles. The number of anilines is 2. The fourth-order valence-corrected chi connectivity index (χ4v) is 4.90. The number of sulfonamides is 1. The van der Waals surface area contributed by atoms with Crippen molar-refractivity contribution in [2.24, 2.45) is 0 Å². The Balaban J connectivity index is 1.53. The Morgan fingerprint density at radius 2 is 1.57 bits per heavy atom. The van der Waals surface area contributed by atoms with E-state index in [1.807, 2.05) is 0 Å². The highest BCUT2D eigenvalue weighted by Gasteiger charge is 2.23. The molecule has 3 aromatic carbocycles. The zero-order valence-corrected chi connectivity index (χ0v) is 20.1. The Kier molecular flexibility index (Phi) is 7.16. The molecule has 1 aliphatic rings. The summed E-state index contributed by atoms with van der Waals surface area (Å²) < 4.78 is 40.0. The second-order valence-corrected chi connectivity index (χ2v) is 10.3. The van der Waals surface area contributed by atoms with E-state index in [1.165, 1.54) is 42.5 Å². The molecule has 2 amide bonds. The fraction of sp³-hybridized carbons (Fsp3) is 0.231. The molecular weight excluding hydrogens is 469 g/mol. The van der Waals surface area contributed by atoms with Crippen molar-refractivity contribution >= 4 is 33.2 Å². The molecule has 0 atom stereocenters. The lowest BCUT2D eigenvalue weighted by Crippen LogP contribution is -2.30. The van der Waals surface area contributed by atoms with Gasteiger partial charge in [-0.3, -0.25) is 13.9 Å². The van der Waals surface area contributed by atoms with Crippen LogP contribution >= 0.6 is 0 Å². The summed E-state index contributed by atoms with van der Waals surface area (Å²) in [5, 5.41) is 2.79. The van der Waals surface area contributed by atoms with Gasteiger partial charge in [0, 0.05) is 24.2 Å². The summed E-state index contributed by atoms with van der Waals surface area (Å²) >= 11 is 0. The Morgan fingerprint density at radius 1 is 0.943 bits per heavy atom. The minimum Gasteiger partial charge on any atom is -0.339 e. The van der Waals surface area contributed by atoms with Crippen molar-refractivity contribution < 1.29 is 22.4 Å². The van der Waals surface area contributed by atoms with Crippen LogP contribution in [0.4, 0.5) is 15.8 Å². The molecule has 0 bridgehead atoms. The molecule has 0 saturated carbocycles. The van der Waals surface area contributed by atoms with Crippen LogP contribution in [0, 0.1) is 5.82 Å². The molecule has 182 valence electrons. The lowest BCUT2D eigenvalue weighted by Gasteiger charge is -2.23. The number of likely N-dealkylation sites (tertiary alicyclic amines) is 1. The smallest absolute Gasteiger partial charge is 0.255 e. The lowest BCUT2D eigenvalue weighted by molar-refractivity contribution is 0.0794. The van der Waals surface area contributed by atoms with E-state index in [1.54, 1.807) is 35.2 Å². The van der Waals surface area contributed by atoms with Crippen molar-refractivity contribution in [2.45, 2.75) is 19.4 Å². The van der Waals surface area contributed by atoms with E-state index >= 15 is 0 Å². The van der Waals surface area contributed by atoms with Crippen LogP contribution in [0.2, 0.25) is 0 Å². The molecule has 35 heavy (non-hydrogen) atoms. The number of benzene rings is 3. The Bertz CT molecular complexity index is 1340. The first-order valence-corrected chi connectivity index (χ1v) is 13.1. The third kappa shape index (κ3) is 5.68. The van der Waals surface area contributed by atoms with Crippen LogP contribution in [0.5, 0.6) is 0 Å². The summed E-state index contributed by atoms with van der Waals surface area (Å²) in [7, 11) is -3.71. The monoisotopic (exact) mass is 495 g/mol. The number of nitrogens with zero attached hydrogens (tertiary/aromatic N) is 2. The van der Waals surface area contributed by atoms with E-state index in [9.17, 15) is 22.4 Å². The maximum Gasteiger partial charge on any atom is 0.255 e. The number of amides is 2. The minimum absolute atomic E-state index is 0.120. The van der Waals surface area contributed by atoms with E-state index in [0.717, 1.165) is 23.4 Å². The van der Waals surface area contributed by atoms with Gasteiger partial charge in [0.1, 0.15) is 5.82 Å². The van der Waals surface area contributed by atoms with Crippen molar-refractivity contribution in [2.75, 3.05) is 29.0 Å². The third-order valence-electron chi connectivity index (χ3n) is 5.89. The molecule has 9 heteroatoms. The maximum atomic E-state index is 14.1. The largest absolute Gasteiger partial charge is 0.339 e. The van der Waals surface area contributed by atoms with Gasteiger partial charge in [0.25, 0.3) is 11.8 Å². The van der Waals surface area contributed by atoms with Gasteiger partial charge in [-0.2, -0.15) is 0 Å². The summed E-state index contributed by atoms with van der Waals surface area (Å²) in [6.45, 7) is 1.22. The molecule has 0 aliphatic carbocycles. The van der Waals surface area contributed by atoms with Crippen molar-refractivity contribution in [1.29, 1.82) is 0 Å². The van der Waals surface area contributed by atoms with Gasteiger partial charge in [0.15, 0.2) is 0 Å². The number of halogens is 1. The second kappa shape index (κ2) is 10.3. The zero-order chi connectivity index (χ0) is 25.0. The van der Waals surface area contributed by atoms with E-state index in [0.29, 0.717) is 30.0 Å². The lowest BCUT2D eigenvalue weighted by atomic mass is 10.1. The Morgan fingerprint density at radius 3 is 2.23 bits per heavy atom. The van der Waals surface area contributed by atoms with Crippen LogP contribution in [0.15, 0.2) is 72.8 Å². The highest BCUT2D eigenvalue weighted by molar-refractivity contribution is 7.92. The van der Waals surface area contributed by atoms with Crippen molar-refractivity contribution in [1.82, 2.24) is 4.90 Å². The van der Waals surface area contributed by atoms with Crippen molar-refractivity contribution in [3.05, 3.63) is 95.3 Å². The maximum absolute atomic E-state index is 14.1. The molecule has 0 radical (unpaired) electrons. The number of nitrogens with one attached hydrogen (secondary N) is 1. The quantitative estimate of drug-likeness (QED) is 0.530. The number of hydrogen-bond donors (Lipinski definition) is 1. The molecule has 1 N–H and O–H groups in total. The zero-order valence-electron chi connectivity index (χ0n) is 19.3. The molecule has 0 unspecified atom stereocenters. The van der Waals surface area contributed by atoms with Crippen LogP contribution in [-0.4, -0.2) is 44.5 Å². The molecular formula is C26H26FN3O4S. The number of para-hydroxylation sites is 1. The van der Waals surface area contributed by atoms with Crippen LogP contribution in [0.3, 0.4) is 0 Å². The average Bonchev–Trinajstić information content (AvgIpc) is 3.38. The first kappa shape index (κ1) is 24.4. The SMILES string of the molecule is CS(=O)(=O)N(Cc1ccccc1F)c1ccc(C(=O)Nc2ccccc2C(=O)N2CCCC2)cc1. The first-order chi connectivity index (χ1) is 16.7. The predicted molar refractivity (Wildman–Crippen MR) is 133 cm³/mol. The van der Waals surface area contributed by atoms with E-state index in [4.69, 9.17) is 0 Å². The molecule has 1 aliphatic heterocycles. The van der Waals surface area contributed by atoms with E-state index in [-0.39, 0.29) is 23.6 Å². The standard InChI is InChI=1S/C26H26FN3O4S/c1-35(33,34)30(18-20-8-2-4-10-23(20)27)21-14-12-19(13-15-21)25(31)28-24-11-5-3-9-22(24)26(32)29-16-6-7-17-29/h2-5,8-15H,6-7,16-18H2,1H3,(H,28,31). The third-order valence-corrected chi connectivity index (χ3v) is 7.03. The van der Waals surface area contributed by atoms with Gasteiger partial charge in [0.2, 0.25) is 10.0 Å². The summed E-state index contributed by atoms with van der Waals surface area (Å²) in [5.41, 5.74) is 1.66. The van der Waals surface area contributed by atoms with Gasteiger partial charge in [0.05, 0.1) is 29.7 Å². The molecule has 0 spiro atoms. The second-order valence-electron chi connectivity index (χ2n) is 8.41. The summed E-state index contributed by atoms with van der Waals surface area (Å²) in [6.07, 6.45) is 2.98. The topological polar surface area (TPSA) is 86.8 Å². The molecule has 7 nitrogen and oxygen atoms in total. The number of carbonyl (C=O) groups is 2. The van der Waals surface area contributed by atoms with Crippen molar-refractivity contribution in [3.8, 4) is 0 Å². The van der Waals surface area contributed by atoms with Gasteiger partial charge in [-0.15, -0.1) is 0 Å². The van der Waals surface area contributed by atoms with Crippen LogP contribution in [0.25, 0.3) is 0 Å². The summed E-state index contributed by atoms with van der Waals surface area (Å²) in [4.78, 5) is 27.5. The van der Waals surface area contributed by atoms with Crippen LogP contribution in [-0.2, 0) is 16.6 Å². The minimum atomic E-state index is -3.71. The number of carbonyl (C=O) groups excluding carboxylic acids is 2. The first-order valence-electron chi connectivity index (χ1n) is 11.2. The normalized spacial score (nSPS) is 13.5. The Hall–Kier alpha value is -3.72. The summed E-state index contributed by atoms with van der Waals surface area (Å²) in [5.74, 6) is -1.05. The summed E-state index contributed by atoms with van der Waals surface area (Å²) in [6, 6.07) is 18.8. The van der Waals surface area contributed by atoms with Crippen LogP contribution < -0.4 is 9.62 Å². The molecule has 1 fully saturated rings. The van der Waals surface area contributed by atoms with Gasteiger partial charge in [-0.25, -0.2) is 12.8 Å². The fourth-order valence-electron chi connectivity index (χ4n) is 4.02. The number of hydrogen-bond acceptors (Lipinski definition) is 4. The molecule has 4 rings (SSSR count). The van der Waals surface area contributed by atoms with Gasteiger partial charge in [-0.1, -0.05) is 30.3 Å². The van der Waals surface area contributed by atoms with Gasteiger partial charge in [-0.05, 0) is 55.3 Å². The number of rotatable bonds is 7. The van der Waals surface area contributed by atoms with Crippen LogP contribution in [0.1, 0.15) is 39.1 Å². The molecule has 3 aromatic rings. The molecule has 1 heterocycles. The average molecular weight is 496 g/mol. The highest BCUT2D eigenvalue weighted by atomic mass is 32.2. The van der Waals surface area contributed by atoms with Gasteiger partial charge < -0.3 is 10.2 Å². The van der Waals surface area contributed by atoms with Gasteiger partial charge >= 0.3 is 0 Å². The molecule has 1 saturated heterocycles. The van der Waals surface area contributed by atoms with Crippen molar-refractivity contribution in [3.63, 3.8) is 0 Å².